The van der Waals surface area contributed by atoms with Crippen LogP contribution in [0.3, 0.4) is 0 Å². The van der Waals surface area contributed by atoms with Crippen molar-refractivity contribution in [3.05, 3.63) is 83.9 Å². The number of carbonyl (C=O) groups is 1. The largest absolute Gasteiger partial charge is 0.573 e. The zero-order valence-corrected chi connectivity index (χ0v) is 18.3. The summed E-state index contributed by atoms with van der Waals surface area (Å²) in [6.07, 6.45) is -4.46. The van der Waals surface area contributed by atoms with Crippen molar-refractivity contribution in [3.63, 3.8) is 0 Å². The van der Waals surface area contributed by atoms with Gasteiger partial charge >= 0.3 is 6.36 Å². The Morgan fingerprint density at radius 1 is 0.882 bits per heavy atom. The predicted molar refractivity (Wildman–Crippen MR) is 117 cm³/mol. The van der Waals surface area contributed by atoms with Gasteiger partial charge in [0.1, 0.15) is 28.7 Å². The van der Waals surface area contributed by atoms with Gasteiger partial charge < -0.3 is 14.8 Å². The Morgan fingerprint density at radius 3 is 1.91 bits per heavy atom. The lowest BCUT2D eigenvalue weighted by atomic mass is 10.1. The molecule has 1 N–H and O–H groups in total. The summed E-state index contributed by atoms with van der Waals surface area (Å²) < 4.78 is 73.8. The molecular formula is C24H19ClF5NO3. The van der Waals surface area contributed by atoms with E-state index in [1.54, 1.807) is 24.3 Å². The van der Waals surface area contributed by atoms with Crippen molar-refractivity contribution >= 4 is 17.5 Å². The van der Waals surface area contributed by atoms with Crippen LogP contribution in [-0.2, 0) is 0 Å². The van der Waals surface area contributed by atoms with Crippen LogP contribution in [0.5, 0.6) is 11.5 Å². The molecule has 4 nitrogen and oxygen atoms in total. The average molecular weight is 500 g/mol. The monoisotopic (exact) mass is 499 g/mol. The molecule has 3 aromatic rings. The first-order chi connectivity index (χ1) is 16.2. The van der Waals surface area contributed by atoms with Crippen molar-refractivity contribution in [2.45, 2.75) is 18.8 Å². The van der Waals surface area contributed by atoms with Crippen LogP contribution in [0.25, 0.3) is 11.1 Å². The first kappa shape index (κ1) is 25.3. The molecule has 0 saturated heterocycles. The highest BCUT2D eigenvalue weighted by atomic mass is 35.5. The van der Waals surface area contributed by atoms with Gasteiger partial charge in [0.05, 0.1) is 6.61 Å². The maximum absolute atomic E-state index is 13.8. The molecule has 1 atom stereocenters. The number of alkyl halides is 4. The fourth-order valence-corrected chi connectivity index (χ4v) is 3.30. The van der Waals surface area contributed by atoms with E-state index in [1.807, 2.05) is 0 Å². The van der Waals surface area contributed by atoms with Crippen molar-refractivity contribution < 1.29 is 36.2 Å². The fourth-order valence-electron chi connectivity index (χ4n) is 3.07. The van der Waals surface area contributed by atoms with Crippen LogP contribution in [0.15, 0.2) is 66.7 Å². The molecule has 1 unspecified atom stereocenters. The Morgan fingerprint density at radius 2 is 1.41 bits per heavy atom. The van der Waals surface area contributed by atoms with E-state index < -0.39 is 35.5 Å². The Labute approximate surface area is 197 Å². The fraction of sp³-hybridized carbons (Fsp3) is 0.208. The van der Waals surface area contributed by atoms with Crippen LogP contribution in [0.1, 0.15) is 16.8 Å². The molecular weight excluding hydrogens is 481 g/mol. The first-order valence-electron chi connectivity index (χ1n) is 10.1. The van der Waals surface area contributed by atoms with E-state index in [-0.39, 0.29) is 24.7 Å². The van der Waals surface area contributed by atoms with Gasteiger partial charge in [-0.15, -0.1) is 24.8 Å². The van der Waals surface area contributed by atoms with Gasteiger partial charge in [0, 0.05) is 18.3 Å². The van der Waals surface area contributed by atoms with Gasteiger partial charge in [-0.1, -0.05) is 30.3 Å². The summed E-state index contributed by atoms with van der Waals surface area (Å²) in [5, 5.41) is 2.49. The van der Waals surface area contributed by atoms with Gasteiger partial charge in [-0.05, 0) is 47.5 Å². The van der Waals surface area contributed by atoms with Crippen molar-refractivity contribution in [2.75, 3.05) is 12.5 Å². The highest BCUT2D eigenvalue weighted by molar-refractivity contribution is 6.18. The van der Waals surface area contributed by atoms with Crippen molar-refractivity contribution in [2.24, 2.45) is 0 Å². The number of halogens is 6. The minimum absolute atomic E-state index is 0.0121. The zero-order chi connectivity index (χ0) is 24.7. The van der Waals surface area contributed by atoms with Crippen molar-refractivity contribution in [1.29, 1.82) is 0 Å². The first-order valence-corrected chi connectivity index (χ1v) is 10.6. The second-order valence-corrected chi connectivity index (χ2v) is 7.46. The number of carbonyl (C=O) groups excluding carboxylic acids is 1. The van der Waals surface area contributed by atoms with E-state index in [9.17, 15) is 26.7 Å². The Bertz CT molecular complexity index is 1080. The lowest BCUT2D eigenvalue weighted by Gasteiger charge is -2.17. The molecule has 180 valence electrons. The standard InChI is InChI=1S/C24H19ClF5NO3/c25-14-17(31-23(32)22-20(26)2-1-3-21(22)27)12-13-33-18-8-4-15(5-9-18)16-6-10-19(11-7-16)34-24(28,29)30/h1-11,17H,12-14H2,(H,31,32). The highest BCUT2D eigenvalue weighted by Gasteiger charge is 2.31. The molecule has 34 heavy (non-hydrogen) atoms. The van der Waals surface area contributed by atoms with Crippen LogP contribution < -0.4 is 14.8 Å². The lowest BCUT2D eigenvalue weighted by molar-refractivity contribution is -0.274. The van der Waals surface area contributed by atoms with Gasteiger partial charge in [-0.2, -0.15) is 0 Å². The van der Waals surface area contributed by atoms with Crippen LogP contribution in [0.2, 0.25) is 0 Å². The molecule has 0 aliphatic carbocycles. The molecule has 1 amide bonds. The minimum Gasteiger partial charge on any atom is -0.494 e. The number of rotatable bonds is 9. The number of benzene rings is 3. The maximum atomic E-state index is 13.8. The molecule has 0 spiro atoms. The van der Waals surface area contributed by atoms with E-state index in [0.29, 0.717) is 11.3 Å². The molecule has 0 heterocycles. The summed E-state index contributed by atoms with van der Waals surface area (Å²) in [6.45, 7) is 0.167. The molecule has 3 rings (SSSR count). The predicted octanol–water partition coefficient (Wildman–Crippen LogP) is 6.34. The normalized spacial score (nSPS) is 12.2. The maximum Gasteiger partial charge on any atom is 0.573 e. The number of amides is 1. The smallest absolute Gasteiger partial charge is 0.494 e. The van der Waals surface area contributed by atoms with E-state index >= 15 is 0 Å². The number of ether oxygens (including phenoxy) is 2. The lowest BCUT2D eigenvalue weighted by Crippen LogP contribution is -2.38. The second kappa shape index (κ2) is 11.2. The summed E-state index contributed by atoms with van der Waals surface area (Å²) in [5.41, 5.74) is 0.766. The molecule has 0 saturated carbocycles. The number of nitrogens with one attached hydrogen (secondary N) is 1. The van der Waals surface area contributed by atoms with E-state index in [4.69, 9.17) is 16.3 Å². The van der Waals surface area contributed by atoms with Gasteiger partial charge in [-0.25, -0.2) is 8.78 Å². The van der Waals surface area contributed by atoms with Crippen molar-refractivity contribution in [1.82, 2.24) is 5.32 Å². The molecule has 0 aliphatic heterocycles. The zero-order valence-electron chi connectivity index (χ0n) is 17.5. The number of hydrogen-bond acceptors (Lipinski definition) is 3. The molecule has 3 aromatic carbocycles. The quantitative estimate of drug-likeness (QED) is 0.276. The molecule has 0 radical (unpaired) electrons. The van der Waals surface area contributed by atoms with E-state index in [1.165, 1.54) is 24.3 Å². The molecule has 0 fully saturated rings. The molecule has 0 aromatic heterocycles. The average Bonchev–Trinajstić information content (AvgIpc) is 2.78. The topological polar surface area (TPSA) is 47.6 Å². The summed E-state index contributed by atoms with van der Waals surface area (Å²) in [6, 6.07) is 14.8. The van der Waals surface area contributed by atoms with Gasteiger partial charge in [0.25, 0.3) is 5.91 Å². The summed E-state index contributed by atoms with van der Waals surface area (Å²) in [5.74, 6) is -2.62. The van der Waals surface area contributed by atoms with Crippen LogP contribution in [0.4, 0.5) is 22.0 Å². The van der Waals surface area contributed by atoms with Gasteiger partial charge in [-0.3, -0.25) is 4.79 Å². The second-order valence-electron chi connectivity index (χ2n) is 7.16. The van der Waals surface area contributed by atoms with Gasteiger partial charge in [0.2, 0.25) is 0 Å². The van der Waals surface area contributed by atoms with E-state index in [2.05, 4.69) is 10.1 Å². The van der Waals surface area contributed by atoms with Gasteiger partial charge in [0.15, 0.2) is 0 Å². The van der Waals surface area contributed by atoms with Crippen molar-refractivity contribution in [3.8, 4) is 22.6 Å². The molecule has 0 bridgehead atoms. The highest BCUT2D eigenvalue weighted by Crippen LogP contribution is 2.27. The van der Waals surface area contributed by atoms with E-state index in [0.717, 1.165) is 23.8 Å². The minimum atomic E-state index is -4.75. The third-order valence-corrected chi connectivity index (χ3v) is 5.09. The Hall–Kier alpha value is -3.33. The third kappa shape index (κ3) is 7.08. The molecule has 0 aliphatic rings. The molecule has 10 heteroatoms. The third-order valence-electron chi connectivity index (χ3n) is 4.72. The van der Waals surface area contributed by atoms with Crippen LogP contribution >= 0.6 is 11.6 Å². The number of hydrogen-bond donors (Lipinski definition) is 1. The summed E-state index contributed by atoms with van der Waals surface area (Å²) >= 11 is 5.87. The SMILES string of the molecule is O=C(NC(CCl)CCOc1ccc(-c2ccc(OC(F)(F)F)cc2)cc1)c1c(F)cccc1F. The Kier molecular flexibility index (Phi) is 8.33. The Balaban J connectivity index is 1.52. The van der Waals surface area contributed by atoms with Crippen LogP contribution in [0, 0.1) is 11.6 Å². The summed E-state index contributed by atoms with van der Waals surface area (Å²) in [7, 11) is 0. The van der Waals surface area contributed by atoms with Crippen LogP contribution in [-0.4, -0.2) is 30.8 Å². The summed E-state index contributed by atoms with van der Waals surface area (Å²) in [4.78, 5) is 12.2.